The number of aliphatic hydroxyl groups excluding tert-OH is 1. The van der Waals surface area contributed by atoms with E-state index in [2.05, 4.69) is 15.3 Å². The molecule has 0 fully saturated rings. The van der Waals surface area contributed by atoms with Crippen LogP contribution in [0.2, 0.25) is 0 Å². The highest BCUT2D eigenvalue weighted by Crippen LogP contribution is 2.30. The molecule has 4 aromatic rings. The summed E-state index contributed by atoms with van der Waals surface area (Å²) >= 11 is 0. The van der Waals surface area contributed by atoms with Crippen LogP contribution in [0, 0.1) is 11.6 Å². The molecule has 0 spiro atoms. The van der Waals surface area contributed by atoms with E-state index in [4.69, 9.17) is 0 Å². The van der Waals surface area contributed by atoms with E-state index < -0.39 is 17.7 Å². The van der Waals surface area contributed by atoms with Gasteiger partial charge in [-0.2, -0.15) is 0 Å². The van der Waals surface area contributed by atoms with Gasteiger partial charge in [0, 0.05) is 42.9 Å². The minimum Gasteiger partial charge on any atom is -0.387 e. The minimum absolute atomic E-state index is 0.00978. The highest BCUT2D eigenvalue weighted by atomic mass is 19.1. The quantitative estimate of drug-likeness (QED) is 0.457. The number of fused-ring (bicyclic) bond motifs is 1. The number of benzene rings is 2. The van der Waals surface area contributed by atoms with Crippen molar-refractivity contribution >= 4 is 22.1 Å². The first-order valence-corrected chi connectivity index (χ1v) is 10.4. The molecule has 0 amide bonds. The Balaban J connectivity index is 1.31. The van der Waals surface area contributed by atoms with Gasteiger partial charge in [0.1, 0.15) is 11.3 Å². The number of hydrogen-bond donors (Lipinski definition) is 3. The van der Waals surface area contributed by atoms with E-state index in [9.17, 15) is 18.7 Å². The molecule has 3 N–H and O–H groups in total. The molecule has 0 unspecified atom stereocenters. The van der Waals surface area contributed by atoms with E-state index in [1.165, 1.54) is 12.4 Å². The molecule has 2 aromatic heterocycles. The van der Waals surface area contributed by atoms with Crippen LogP contribution < -0.4 is 11.0 Å². The van der Waals surface area contributed by atoms with Crippen molar-refractivity contribution in [2.24, 2.45) is 0 Å². The Morgan fingerprint density at radius 1 is 1.32 bits per heavy atom. The van der Waals surface area contributed by atoms with Crippen LogP contribution in [0.4, 0.5) is 8.78 Å². The van der Waals surface area contributed by atoms with Crippen LogP contribution in [0.25, 0.3) is 22.1 Å². The van der Waals surface area contributed by atoms with Gasteiger partial charge < -0.3 is 20.0 Å². The Morgan fingerprint density at radius 2 is 2.16 bits per heavy atom. The van der Waals surface area contributed by atoms with Gasteiger partial charge in [0.15, 0.2) is 5.82 Å². The Kier molecular flexibility index (Phi) is 4.86. The maximum atomic E-state index is 14.2. The summed E-state index contributed by atoms with van der Waals surface area (Å²) in [6.07, 6.45) is 2.00. The summed E-state index contributed by atoms with van der Waals surface area (Å²) in [6, 6.07) is 7.37. The van der Waals surface area contributed by atoms with Crippen molar-refractivity contribution < 1.29 is 13.9 Å². The fourth-order valence-electron chi connectivity index (χ4n) is 4.59. The fourth-order valence-corrected chi connectivity index (χ4v) is 4.59. The molecule has 9 heteroatoms. The predicted molar refractivity (Wildman–Crippen MR) is 113 cm³/mol. The summed E-state index contributed by atoms with van der Waals surface area (Å²) in [5.74, 6) is -1.28. The summed E-state index contributed by atoms with van der Waals surface area (Å²) < 4.78 is 30.9. The molecule has 0 saturated carbocycles. The molecule has 5 rings (SSSR count). The van der Waals surface area contributed by atoms with Crippen molar-refractivity contribution in [3.63, 3.8) is 0 Å². The van der Waals surface area contributed by atoms with Crippen LogP contribution in [0.1, 0.15) is 31.4 Å². The second kappa shape index (κ2) is 7.58. The van der Waals surface area contributed by atoms with Gasteiger partial charge in [-0.3, -0.25) is 4.57 Å². The lowest BCUT2D eigenvalue weighted by molar-refractivity contribution is 0.118. The maximum Gasteiger partial charge on any atom is 0.326 e. The number of aliphatic hydroxyl groups is 1. The number of rotatable bonds is 5. The van der Waals surface area contributed by atoms with Gasteiger partial charge in [0.05, 0.1) is 29.0 Å². The van der Waals surface area contributed by atoms with E-state index in [-0.39, 0.29) is 28.8 Å². The van der Waals surface area contributed by atoms with Crippen molar-refractivity contribution in [3.8, 4) is 0 Å². The van der Waals surface area contributed by atoms with E-state index >= 15 is 0 Å². The summed E-state index contributed by atoms with van der Waals surface area (Å²) in [4.78, 5) is 19.2. The highest BCUT2D eigenvalue weighted by Gasteiger charge is 2.29. The van der Waals surface area contributed by atoms with Crippen LogP contribution in [-0.4, -0.2) is 36.3 Å². The number of halogens is 2. The van der Waals surface area contributed by atoms with Gasteiger partial charge in [-0.15, -0.1) is 0 Å². The Bertz CT molecular complexity index is 1320. The lowest BCUT2D eigenvalue weighted by atomic mass is 9.99. The van der Waals surface area contributed by atoms with E-state index in [0.29, 0.717) is 25.9 Å². The lowest BCUT2D eigenvalue weighted by Crippen LogP contribution is -2.41. The average Bonchev–Trinajstić information content (AvgIpc) is 3.24. The molecule has 3 atom stereocenters. The number of aromatic nitrogens is 4. The molecular weight excluding hydrogens is 404 g/mol. The zero-order valence-electron chi connectivity index (χ0n) is 17.0. The Hall–Kier alpha value is -3.04. The van der Waals surface area contributed by atoms with Crippen LogP contribution in [0.3, 0.4) is 0 Å². The zero-order chi connectivity index (χ0) is 21.7. The minimum atomic E-state index is -0.760. The second-order valence-electron chi connectivity index (χ2n) is 8.21. The van der Waals surface area contributed by atoms with Crippen LogP contribution in [0.15, 0.2) is 41.5 Å². The number of aromatic amines is 1. The lowest BCUT2D eigenvalue weighted by Gasteiger charge is -2.26. The summed E-state index contributed by atoms with van der Waals surface area (Å²) in [5.41, 5.74) is 2.60. The summed E-state index contributed by atoms with van der Waals surface area (Å²) in [5, 5.41) is 14.5. The number of nitrogens with zero attached hydrogens (tertiary/aromatic N) is 3. The van der Waals surface area contributed by atoms with Crippen molar-refractivity contribution in [2.75, 3.05) is 0 Å². The molecule has 31 heavy (non-hydrogen) atoms. The molecule has 0 radical (unpaired) electrons. The maximum absolute atomic E-state index is 14.2. The molecule has 0 aliphatic carbocycles. The monoisotopic (exact) mass is 427 g/mol. The van der Waals surface area contributed by atoms with Gasteiger partial charge in [0.25, 0.3) is 0 Å². The SMILES string of the molecule is C[C@H](CCn1cnc2cc(F)cc(F)c21)N[C@@H]1CCn2c(=O)[nH]c3cccc(c32)[C@H]1O. The smallest absolute Gasteiger partial charge is 0.326 e. The first kappa shape index (κ1) is 19.9. The van der Waals surface area contributed by atoms with Crippen molar-refractivity contribution in [3.05, 3.63) is 64.3 Å². The molecule has 1 aliphatic rings. The molecule has 3 heterocycles. The molecule has 0 saturated heterocycles. The van der Waals surface area contributed by atoms with Crippen molar-refractivity contribution in [2.45, 2.75) is 51.0 Å². The fraction of sp³-hybridized carbons (Fsp3) is 0.364. The third-order valence-corrected chi connectivity index (χ3v) is 6.12. The standard InChI is InChI=1S/C22H23F2N5O2/c1-12(5-7-28-11-25-18-10-13(23)9-15(24)20(18)28)26-17-6-8-29-19-14(21(17)30)3-2-4-16(19)27-22(29)31/h2-4,9-12,17,21,26,30H,5-8H2,1H3,(H,27,31)/t12-,17-,21-/m1/s1. The number of nitrogens with one attached hydrogen (secondary N) is 2. The van der Waals surface area contributed by atoms with E-state index in [1.54, 1.807) is 9.13 Å². The largest absolute Gasteiger partial charge is 0.387 e. The van der Waals surface area contributed by atoms with E-state index in [1.807, 2.05) is 25.1 Å². The molecule has 7 nitrogen and oxygen atoms in total. The van der Waals surface area contributed by atoms with Gasteiger partial charge in [-0.25, -0.2) is 18.6 Å². The normalized spacial score (nSPS) is 19.7. The second-order valence-corrected chi connectivity index (χ2v) is 8.21. The van der Waals surface area contributed by atoms with E-state index in [0.717, 1.165) is 22.7 Å². The topological polar surface area (TPSA) is 87.9 Å². The molecule has 1 aliphatic heterocycles. The number of para-hydroxylation sites is 1. The Morgan fingerprint density at radius 3 is 3.00 bits per heavy atom. The van der Waals surface area contributed by atoms with Gasteiger partial charge in [0.2, 0.25) is 0 Å². The molecule has 0 bridgehead atoms. The van der Waals surface area contributed by atoms with Gasteiger partial charge in [-0.05, 0) is 25.8 Å². The molecule has 162 valence electrons. The Labute approximate surface area is 176 Å². The summed E-state index contributed by atoms with van der Waals surface area (Å²) in [6.45, 7) is 2.99. The summed E-state index contributed by atoms with van der Waals surface area (Å²) in [7, 11) is 0. The number of imidazole rings is 2. The zero-order valence-corrected chi connectivity index (χ0v) is 17.0. The van der Waals surface area contributed by atoms with Crippen molar-refractivity contribution in [1.82, 2.24) is 24.4 Å². The third-order valence-electron chi connectivity index (χ3n) is 6.12. The van der Waals surface area contributed by atoms with Gasteiger partial charge in [-0.1, -0.05) is 12.1 Å². The van der Waals surface area contributed by atoms with Crippen molar-refractivity contribution in [1.29, 1.82) is 0 Å². The van der Waals surface area contributed by atoms with Gasteiger partial charge >= 0.3 is 5.69 Å². The highest BCUT2D eigenvalue weighted by molar-refractivity contribution is 5.80. The first-order valence-electron chi connectivity index (χ1n) is 10.4. The number of hydrogen-bond acceptors (Lipinski definition) is 4. The van der Waals surface area contributed by atoms with Crippen LogP contribution in [-0.2, 0) is 13.1 Å². The average molecular weight is 427 g/mol. The van der Waals surface area contributed by atoms with Crippen LogP contribution in [0.5, 0.6) is 0 Å². The third kappa shape index (κ3) is 3.43. The van der Waals surface area contributed by atoms with Crippen LogP contribution >= 0.6 is 0 Å². The molecule has 2 aromatic carbocycles. The number of H-pyrrole nitrogens is 1. The first-order chi connectivity index (χ1) is 14.9. The number of aryl methyl sites for hydroxylation is 2. The molecular formula is C22H23F2N5O2. The predicted octanol–water partition coefficient (Wildman–Crippen LogP) is 2.83.